The first-order valence-corrected chi connectivity index (χ1v) is 17.0. The first kappa shape index (κ1) is 33.2. The van der Waals surface area contributed by atoms with Gasteiger partial charge in [0, 0.05) is 24.7 Å². The molecule has 13 nitrogen and oxygen atoms in total. The lowest BCUT2D eigenvalue weighted by atomic mass is 9.80. The Hall–Kier alpha value is -6.33. The number of imidazole rings is 1. The number of nitrogen functional groups attached to an aromatic ring is 1. The van der Waals surface area contributed by atoms with E-state index in [0.29, 0.717) is 40.7 Å². The summed E-state index contributed by atoms with van der Waals surface area (Å²) in [5.74, 6) is 0.404. The summed E-state index contributed by atoms with van der Waals surface area (Å²) in [5.41, 5.74) is 13.3. The number of likely N-dealkylation sites (N-methyl/N-ethyl adjacent to an activating group) is 1. The molecule has 0 atom stereocenters. The number of aliphatic imine (C=N–C) groups is 1. The number of para-hydroxylation sites is 1. The van der Waals surface area contributed by atoms with Crippen molar-refractivity contribution < 1.29 is 14.3 Å². The Morgan fingerprint density at radius 1 is 1.10 bits per heavy atom. The topological polar surface area (TPSA) is 180 Å². The summed E-state index contributed by atoms with van der Waals surface area (Å²) in [6, 6.07) is 23.9. The van der Waals surface area contributed by atoms with Crippen LogP contribution in [0.2, 0.25) is 0 Å². The van der Waals surface area contributed by atoms with Crippen molar-refractivity contribution in [2.75, 3.05) is 30.8 Å². The molecule has 3 aromatic heterocycles. The van der Waals surface area contributed by atoms with Crippen molar-refractivity contribution in [3.8, 4) is 11.9 Å². The Morgan fingerprint density at radius 2 is 1.90 bits per heavy atom. The molecular formula is C37H34N10O3S. The van der Waals surface area contributed by atoms with Gasteiger partial charge in [-0.25, -0.2) is 14.8 Å². The summed E-state index contributed by atoms with van der Waals surface area (Å²) in [6.45, 7) is 5.49. The van der Waals surface area contributed by atoms with Gasteiger partial charge in [0.05, 0.1) is 40.1 Å². The monoisotopic (exact) mass is 698 g/mol. The highest BCUT2D eigenvalue weighted by Gasteiger charge is 2.35. The number of nitrogens with two attached hydrogens (primary N) is 1. The number of alkyl carbamates (subject to hydrolysis) is 1. The second-order valence-corrected chi connectivity index (χ2v) is 13.5. The van der Waals surface area contributed by atoms with Crippen LogP contribution < -0.4 is 20.7 Å². The fourth-order valence-electron chi connectivity index (χ4n) is 5.71. The number of hydrogen-bond acceptors (Lipinski definition) is 12. The zero-order valence-electron chi connectivity index (χ0n) is 28.2. The normalized spacial score (nSPS) is 13.5. The fraction of sp³-hybridized carbons (Fsp3) is 0.216. The zero-order chi connectivity index (χ0) is 35.5. The number of hydrogen-bond donors (Lipinski definition) is 3. The van der Waals surface area contributed by atoms with E-state index in [1.165, 1.54) is 17.7 Å². The number of carbonyl (C=O) groups is 1. The molecule has 0 saturated heterocycles. The number of benzene rings is 3. The predicted octanol–water partition coefficient (Wildman–Crippen LogP) is 6.46. The molecule has 0 spiro atoms. The summed E-state index contributed by atoms with van der Waals surface area (Å²) in [4.78, 5) is 39.4. The Bertz CT molecular complexity index is 2320. The second kappa shape index (κ2) is 13.9. The van der Waals surface area contributed by atoms with Crippen LogP contribution in [0.5, 0.6) is 5.88 Å². The maximum Gasteiger partial charge on any atom is 0.407 e. The van der Waals surface area contributed by atoms with Gasteiger partial charge in [-0.2, -0.15) is 15.2 Å². The highest BCUT2D eigenvalue weighted by molar-refractivity contribution is 7.19. The number of amides is 1. The molecule has 14 heteroatoms. The smallest absolute Gasteiger partial charge is 0.407 e. The van der Waals surface area contributed by atoms with Crippen LogP contribution in [0.3, 0.4) is 0 Å². The maximum atomic E-state index is 12.5. The van der Waals surface area contributed by atoms with E-state index >= 15 is 0 Å². The summed E-state index contributed by atoms with van der Waals surface area (Å²) < 4.78 is 12.3. The lowest BCUT2D eigenvalue weighted by Crippen LogP contribution is -2.29. The average molecular weight is 699 g/mol. The lowest BCUT2D eigenvalue weighted by molar-refractivity contribution is 0.148. The molecule has 0 unspecified atom stereocenters. The Kier molecular flexibility index (Phi) is 9.03. The van der Waals surface area contributed by atoms with Gasteiger partial charge in [-0.1, -0.05) is 50.2 Å². The predicted molar refractivity (Wildman–Crippen MR) is 198 cm³/mol. The van der Waals surface area contributed by atoms with E-state index in [-0.39, 0.29) is 19.2 Å². The SMILES string of the molecule is CN(CCOC(=O)NCc1ccc(COc2nc(N)nc3[nH]cnc23)cc1)c1ccc2c(c1)C(C)(C)C(/C=C(\C#N)c1nc3ccccc3s1)=N2. The molecule has 7 rings (SSSR count). The number of rotatable bonds is 11. The number of nitrogens with zero attached hydrogens (tertiary/aromatic N) is 7. The minimum Gasteiger partial charge on any atom is -0.471 e. The third-order valence-electron chi connectivity index (χ3n) is 8.66. The van der Waals surface area contributed by atoms with Gasteiger partial charge in [0.25, 0.3) is 0 Å². The second-order valence-electron chi connectivity index (χ2n) is 12.5. The van der Waals surface area contributed by atoms with Crippen molar-refractivity contribution in [3.05, 3.63) is 101 Å². The van der Waals surface area contributed by atoms with Gasteiger partial charge < -0.3 is 30.4 Å². The molecule has 256 valence electrons. The van der Waals surface area contributed by atoms with Crippen LogP contribution in [-0.2, 0) is 23.3 Å². The van der Waals surface area contributed by atoms with E-state index in [2.05, 4.69) is 56.2 Å². The molecule has 1 amide bonds. The summed E-state index contributed by atoms with van der Waals surface area (Å²) in [7, 11) is 1.95. The summed E-state index contributed by atoms with van der Waals surface area (Å²) >= 11 is 1.50. The number of fused-ring (bicyclic) bond motifs is 3. The van der Waals surface area contributed by atoms with E-state index in [4.69, 9.17) is 20.2 Å². The van der Waals surface area contributed by atoms with Crippen LogP contribution in [0.15, 0.2) is 84.1 Å². The summed E-state index contributed by atoms with van der Waals surface area (Å²) in [5, 5.41) is 13.5. The average Bonchev–Trinajstić information content (AvgIpc) is 3.84. The third kappa shape index (κ3) is 7.06. The number of allylic oxidation sites excluding steroid dienone is 2. The Labute approximate surface area is 297 Å². The van der Waals surface area contributed by atoms with Gasteiger partial charge in [-0.05, 0) is 53.1 Å². The number of nitriles is 1. The number of H-pyrrole nitrogens is 1. The molecule has 0 saturated carbocycles. The molecule has 4 N–H and O–H groups in total. The molecule has 1 aliphatic rings. The van der Waals surface area contributed by atoms with Gasteiger partial charge in [-0.15, -0.1) is 11.3 Å². The lowest BCUT2D eigenvalue weighted by Gasteiger charge is -2.24. The maximum absolute atomic E-state index is 12.5. The molecule has 0 bridgehead atoms. The standard InChI is InChI=1S/C37H34N10O3S/c1-37(2)26-17-25(12-13-27(26)43-30(37)16-24(18-38)34-44-28-6-4-5-7-29(28)51-34)47(3)14-15-49-36(48)40-19-22-8-10-23(11-9-22)20-50-33-31-32(42-21-41-31)45-35(39)46-33/h4-13,16-17,21H,14-15,19-20H2,1-3H3,(H,40,48)(H3,39,41,42,45,46)/b24-16+. The van der Waals surface area contributed by atoms with Crippen molar-refractivity contribution in [2.24, 2.45) is 4.99 Å². The number of nitrogens with one attached hydrogen (secondary N) is 2. The number of anilines is 2. The van der Waals surface area contributed by atoms with Crippen LogP contribution in [0.4, 0.5) is 22.1 Å². The third-order valence-corrected chi connectivity index (χ3v) is 9.73. The molecule has 0 aliphatic carbocycles. The van der Waals surface area contributed by atoms with E-state index in [1.54, 1.807) is 0 Å². The van der Waals surface area contributed by atoms with Crippen molar-refractivity contribution in [2.45, 2.75) is 32.4 Å². The van der Waals surface area contributed by atoms with Crippen LogP contribution in [-0.4, -0.2) is 56.9 Å². The van der Waals surface area contributed by atoms with E-state index in [0.717, 1.165) is 44.0 Å². The fourth-order valence-corrected chi connectivity index (χ4v) is 6.64. The first-order valence-electron chi connectivity index (χ1n) is 16.2. The van der Waals surface area contributed by atoms with Gasteiger partial charge in [0.1, 0.15) is 24.3 Å². The Balaban J connectivity index is 0.889. The van der Waals surface area contributed by atoms with Crippen molar-refractivity contribution in [1.82, 2.24) is 30.2 Å². The van der Waals surface area contributed by atoms with Crippen LogP contribution in [0.1, 0.15) is 35.5 Å². The largest absolute Gasteiger partial charge is 0.471 e. The van der Waals surface area contributed by atoms with Crippen molar-refractivity contribution in [3.63, 3.8) is 0 Å². The molecule has 51 heavy (non-hydrogen) atoms. The highest BCUT2D eigenvalue weighted by atomic mass is 32.1. The number of thiazole rings is 1. The van der Waals surface area contributed by atoms with Crippen LogP contribution in [0.25, 0.3) is 27.0 Å². The van der Waals surface area contributed by atoms with Crippen LogP contribution in [0, 0.1) is 11.3 Å². The van der Waals surface area contributed by atoms with E-state index in [9.17, 15) is 10.1 Å². The quantitative estimate of drug-likeness (QED) is 0.127. The summed E-state index contributed by atoms with van der Waals surface area (Å²) in [6.07, 6.45) is 2.87. The minimum absolute atomic E-state index is 0.0978. The van der Waals surface area contributed by atoms with Gasteiger partial charge in [0.15, 0.2) is 11.2 Å². The Morgan fingerprint density at radius 3 is 2.71 bits per heavy atom. The number of ether oxygens (including phenoxy) is 2. The molecule has 1 aliphatic heterocycles. The van der Waals surface area contributed by atoms with Gasteiger partial charge >= 0.3 is 6.09 Å². The molecular weight excluding hydrogens is 665 g/mol. The number of carbonyl (C=O) groups excluding carboxylic acids is 1. The van der Waals surface area contributed by atoms with E-state index in [1.807, 2.05) is 78.7 Å². The van der Waals surface area contributed by atoms with Gasteiger partial charge in [-0.3, -0.25) is 4.99 Å². The molecule has 4 heterocycles. The van der Waals surface area contributed by atoms with Crippen molar-refractivity contribution in [1.29, 1.82) is 5.26 Å². The minimum atomic E-state index is -0.499. The molecule has 0 radical (unpaired) electrons. The van der Waals surface area contributed by atoms with Crippen molar-refractivity contribution >= 4 is 67.4 Å². The molecule has 3 aromatic carbocycles. The number of aromatic nitrogens is 5. The number of aromatic amines is 1. The first-order chi connectivity index (χ1) is 24.7. The highest BCUT2D eigenvalue weighted by Crippen LogP contribution is 2.43. The van der Waals surface area contributed by atoms with E-state index < -0.39 is 11.5 Å². The van der Waals surface area contributed by atoms with Gasteiger partial charge in [0.2, 0.25) is 11.8 Å². The zero-order valence-corrected chi connectivity index (χ0v) is 29.0. The van der Waals surface area contributed by atoms with Crippen LogP contribution >= 0.6 is 11.3 Å². The molecule has 6 aromatic rings. The molecule has 0 fully saturated rings.